The molecule has 1 unspecified atom stereocenters. The highest BCUT2D eigenvalue weighted by Gasteiger charge is 2.37. The second-order valence-electron chi connectivity index (χ2n) is 4.94. The molecule has 7 heteroatoms. The van der Waals surface area contributed by atoms with Gasteiger partial charge in [0.25, 0.3) is 0 Å². The number of nitrogens with one attached hydrogen (secondary N) is 1. The molecule has 1 aliphatic rings. The first-order valence-electron chi connectivity index (χ1n) is 6.83. The topological polar surface area (TPSA) is 58.6 Å². The molecule has 23 heavy (non-hydrogen) atoms. The van der Waals surface area contributed by atoms with Crippen LogP contribution in [0.3, 0.4) is 0 Å². The maximum absolute atomic E-state index is 14.1. The molecule has 5 nitrogen and oxygen atoms in total. The van der Waals surface area contributed by atoms with Crippen LogP contribution in [0.25, 0.3) is 0 Å². The van der Waals surface area contributed by atoms with Crippen molar-refractivity contribution in [3.63, 3.8) is 0 Å². The Balaban J connectivity index is 2.59. The number of hydrogen-bond acceptors (Lipinski definition) is 3. The predicted octanol–water partition coefficient (Wildman–Crippen LogP) is 2.66. The Morgan fingerprint density at radius 3 is 2.74 bits per heavy atom. The zero-order chi connectivity index (χ0) is 17.1. The van der Waals surface area contributed by atoms with E-state index in [1.54, 1.807) is 6.92 Å². The average molecular weight is 322 g/mol. The fourth-order valence-corrected chi connectivity index (χ4v) is 2.47. The molecule has 0 aliphatic carbocycles. The summed E-state index contributed by atoms with van der Waals surface area (Å²) in [6, 6.07) is 1.38. The van der Waals surface area contributed by atoms with Crippen LogP contribution in [0.4, 0.5) is 13.6 Å². The van der Waals surface area contributed by atoms with Crippen LogP contribution in [-0.2, 0) is 9.53 Å². The van der Waals surface area contributed by atoms with Crippen molar-refractivity contribution < 1.29 is 23.1 Å². The third-order valence-corrected chi connectivity index (χ3v) is 3.59. The minimum Gasteiger partial charge on any atom is -0.466 e. The molecule has 0 spiro atoms. The van der Waals surface area contributed by atoms with E-state index in [1.807, 2.05) is 0 Å². The molecule has 1 aliphatic heterocycles. The number of nitrogens with zero attached hydrogens (tertiary/aromatic N) is 1. The Bertz CT molecular complexity index is 701. The van der Waals surface area contributed by atoms with E-state index < -0.39 is 29.7 Å². The van der Waals surface area contributed by atoms with Gasteiger partial charge in [0.15, 0.2) is 0 Å². The lowest BCUT2D eigenvalue weighted by molar-refractivity contribution is -0.136. The molecule has 122 valence electrons. The summed E-state index contributed by atoms with van der Waals surface area (Å²) in [5.41, 5.74) is 0.395. The Kier molecular flexibility index (Phi) is 4.78. The van der Waals surface area contributed by atoms with Gasteiger partial charge in [0, 0.05) is 23.9 Å². The van der Waals surface area contributed by atoms with Crippen molar-refractivity contribution in [2.45, 2.75) is 13.0 Å². The van der Waals surface area contributed by atoms with Gasteiger partial charge in [0.1, 0.15) is 11.6 Å². The number of halogens is 2. The first-order valence-corrected chi connectivity index (χ1v) is 6.83. The smallest absolute Gasteiger partial charge is 0.337 e. The van der Waals surface area contributed by atoms with Crippen molar-refractivity contribution in [1.29, 1.82) is 0 Å². The highest BCUT2D eigenvalue weighted by Crippen LogP contribution is 2.32. The maximum atomic E-state index is 14.1. The third-order valence-electron chi connectivity index (χ3n) is 3.59. The largest absolute Gasteiger partial charge is 0.466 e. The lowest BCUT2D eigenvalue weighted by atomic mass is 9.94. The third kappa shape index (κ3) is 3.08. The number of hydrogen-bond donors (Lipinski definition) is 1. The first kappa shape index (κ1) is 16.7. The molecule has 1 N–H and O–H groups in total. The number of amides is 2. The number of ether oxygens (including phenoxy) is 1. The van der Waals surface area contributed by atoms with Gasteiger partial charge in [-0.05, 0) is 13.0 Å². The van der Waals surface area contributed by atoms with E-state index >= 15 is 0 Å². The Morgan fingerprint density at radius 2 is 2.17 bits per heavy atom. The highest BCUT2D eigenvalue weighted by atomic mass is 19.1. The summed E-state index contributed by atoms with van der Waals surface area (Å²) >= 11 is 0. The Labute approximate surface area is 132 Å². The molecule has 2 rings (SSSR count). The van der Waals surface area contributed by atoms with E-state index in [9.17, 15) is 18.4 Å². The van der Waals surface area contributed by atoms with Crippen LogP contribution in [0.2, 0.25) is 0 Å². The quantitative estimate of drug-likeness (QED) is 0.685. The van der Waals surface area contributed by atoms with E-state index in [-0.39, 0.29) is 17.7 Å². The molecule has 0 saturated carbocycles. The van der Waals surface area contributed by atoms with Gasteiger partial charge in [-0.3, -0.25) is 4.90 Å². The van der Waals surface area contributed by atoms with Crippen molar-refractivity contribution in [3.8, 4) is 0 Å². The van der Waals surface area contributed by atoms with Gasteiger partial charge in [-0.2, -0.15) is 0 Å². The molecule has 0 saturated heterocycles. The second-order valence-corrected chi connectivity index (χ2v) is 4.94. The summed E-state index contributed by atoms with van der Waals surface area (Å²) in [5, 5.41) is 2.54. The van der Waals surface area contributed by atoms with Crippen LogP contribution >= 0.6 is 0 Å². The molecule has 2 amide bonds. The molecular formula is C16H16F2N2O3. The molecule has 0 bridgehead atoms. The zero-order valence-electron chi connectivity index (χ0n) is 12.7. The van der Waals surface area contributed by atoms with E-state index in [0.717, 1.165) is 6.07 Å². The number of carbonyl (C=O) groups excluding carboxylic acids is 2. The summed E-state index contributed by atoms with van der Waals surface area (Å²) in [6.45, 7) is 5.29. The minimum atomic E-state index is -1.06. The van der Waals surface area contributed by atoms with Gasteiger partial charge in [-0.25, -0.2) is 18.4 Å². The van der Waals surface area contributed by atoms with Crippen LogP contribution in [0.15, 0.2) is 42.1 Å². The number of benzene rings is 1. The SMILES string of the molecule is C=CCN1C(=O)NC(c2ccc(F)cc2F)C(C(=O)OC)=C1C. The summed E-state index contributed by atoms with van der Waals surface area (Å²) in [6.07, 6.45) is 1.50. The molecule has 0 fully saturated rings. The lowest BCUT2D eigenvalue weighted by Crippen LogP contribution is -2.48. The van der Waals surface area contributed by atoms with Crippen LogP contribution in [0.1, 0.15) is 18.5 Å². The van der Waals surface area contributed by atoms with Crippen LogP contribution in [-0.4, -0.2) is 30.6 Å². The van der Waals surface area contributed by atoms with E-state index in [2.05, 4.69) is 11.9 Å². The van der Waals surface area contributed by atoms with E-state index in [1.165, 1.54) is 24.2 Å². The summed E-state index contributed by atoms with van der Waals surface area (Å²) in [7, 11) is 1.19. The number of urea groups is 1. The monoisotopic (exact) mass is 322 g/mol. The summed E-state index contributed by atoms with van der Waals surface area (Å²) in [5.74, 6) is -2.31. The first-order chi connectivity index (χ1) is 10.9. The van der Waals surface area contributed by atoms with Gasteiger partial charge in [0.2, 0.25) is 0 Å². The second kappa shape index (κ2) is 6.60. The molecule has 1 aromatic carbocycles. The Morgan fingerprint density at radius 1 is 1.48 bits per heavy atom. The number of allylic oxidation sites excluding steroid dienone is 1. The maximum Gasteiger partial charge on any atom is 0.337 e. The fraction of sp³-hybridized carbons (Fsp3) is 0.250. The fourth-order valence-electron chi connectivity index (χ4n) is 2.47. The molecule has 0 aromatic heterocycles. The standard InChI is InChI=1S/C16H16F2N2O3/c1-4-7-20-9(2)13(15(21)23-3)14(19-16(20)22)11-6-5-10(17)8-12(11)18/h4-6,8,14H,1,7H2,2-3H3,(H,19,22). The number of rotatable bonds is 4. The number of methoxy groups -OCH3 is 1. The van der Waals surface area contributed by atoms with Crippen molar-refractivity contribution in [2.24, 2.45) is 0 Å². The predicted molar refractivity (Wildman–Crippen MR) is 79.2 cm³/mol. The molecular weight excluding hydrogens is 306 g/mol. The van der Waals surface area contributed by atoms with Gasteiger partial charge < -0.3 is 10.1 Å². The molecule has 1 atom stereocenters. The van der Waals surface area contributed by atoms with Gasteiger partial charge >= 0.3 is 12.0 Å². The highest BCUT2D eigenvalue weighted by molar-refractivity contribution is 5.95. The van der Waals surface area contributed by atoms with Crippen LogP contribution < -0.4 is 5.32 Å². The average Bonchev–Trinajstić information content (AvgIpc) is 2.50. The van der Waals surface area contributed by atoms with Gasteiger partial charge in [-0.15, -0.1) is 6.58 Å². The van der Waals surface area contributed by atoms with Crippen molar-refractivity contribution in [3.05, 3.63) is 59.3 Å². The number of esters is 1. The van der Waals surface area contributed by atoms with E-state index in [0.29, 0.717) is 11.8 Å². The van der Waals surface area contributed by atoms with Crippen molar-refractivity contribution >= 4 is 12.0 Å². The summed E-state index contributed by atoms with van der Waals surface area (Å²) in [4.78, 5) is 25.6. The van der Waals surface area contributed by atoms with Crippen LogP contribution in [0, 0.1) is 11.6 Å². The van der Waals surface area contributed by atoms with Crippen LogP contribution in [0.5, 0.6) is 0 Å². The minimum absolute atomic E-state index is 0.0160. The number of carbonyl (C=O) groups is 2. The van der Waals surface area contributed by atoms with Crippen molar-refractivity contribution in [2.75, 3.05) is 13.7 Å². The lowest BCUT2D eigenvalue weighted by Gasteiger charge is -2.34. The molecule has 1 aromatic rings. The van der Waals surface area contributed by atoms with E-state index in [4.69, 9.17) is 4.74 Å². The molecule has 0 radical (unpaired) electrons. The van der Waals surface area contributed by atoms with Gasteiger partial charge in [-0.1, -0.05) is 12.1 Å². The normalized spacial score (nSPS) is 17.8. The van der Waals surface area contributed by atoms with Crippen molar-refractivity contribution in [1.82, 2.24) is 10.2 Å². The summed E-state index contributed by atoms with van der Waals surface area (Å²) < 4.78 is 31.9. The Hall–Kier alpha value is -2.70. The molecule has 1 heterocycles. The zero-order valence-corrected chi connectivity index (χ0v) is 12.7. The van der Waals surface area contributed by atoms with Gasteiger partial charge in [0.05, 0.1) is 18.7 Å².